The van der Waals surface area contributed by atoms with Crippen LogP contribution in [0.15, 0.2) is 12.7 Å². The minimum absolute atomic E-state index is 0.156. The number of nitrogens with two attached hydrogens (primary N) is 1. The predicted molar refractivity (Wildman–Crippen MR) is 72.1 cm³/mol. The molecule has 2 aromatic rings. The van der Waals surface area contributed by atoms with Crippen molar-refractivity contribution in [1.82, 2.24) is 24.8 Å². The number of imidazole rings is 1. The molecule has 0 fully saturated rings. The van der Waals surface area contributed by atoms with E-state index < -0.39 is 0 Å². The fourth-order valence-electron chi connectivity index (χ4n) is 1.78. The molecule has 0 atom stereocenters. The third kappa shape index (κ3) is 2.95. The number of anilines is 1. The van der Waals surface area contributed by atoms with Crippen LogP contribution in [0.3, 0.4) is 0 Å². The van der Waals surface area contributed by atoms with Crippen LogP contribution < -0.4 is 11.1 Å². The zero-order valence-electron chi connectivity index (χ0n) is 11.1. The van der Waals surface area contributed by atoms with Gasteiger partial charge >= 0.3 is 0 Å². The van der Waals surface area contributed by atoms with E-state index in [-0.39, 0.29) is 5.54 Å². The van der Waals surface area contributed by atoms with Gasteiger partial charge in [-0.3, -0.25) is 0 Å². The van der Waals surface area contributed by atoms with Crippen LogP contribution in [0.4, 0.5) is 5.82 Å². The molecule has 6 nitrogen and oxygen atoms in total. The minimum atomic E-state index is 0.156. The van der Waals surface area contributed by atoms with E-state index in [4.69, 9.17) is 5.73 Å². The van der Waals surface area contributed by atoms with Gasteiger partial charge in [-0.1, -0.05) is 0 Å². The van der Waals surface area contributed by atoms with Crippen LogP contribution >= 0.6 is 0 Å². The lowest BCUT2D eigenvalue weighted by atomic mass is 10.1. The highest BCUT2D eigenvalue weighted by molar-refractivity contribution is 5.80. The molecule has 2 rings (SSSR count). The second kappa shape index (κ2) is 4.89. The maximum atomic E-state index is 5.74. The van der Waals surface area contributed by atoms with Crippen LogP contribution in [0, 0.1) is 0 Å². The van der Waals surface area contributed by atoms with Crippen LogP contribution in [-0.2, 0) is 6.54 Å². The van der Waals surface area contributed by atoms with Crippen molar-refractivity contribution < 1.29 is 0 Å². The largest absolute Gasteiger partial charge is 0.382 e. The van der Waals surface area contributed by atoms with Crippen molar-refractivity contribution in [2.24, 2.45) is 0 Å². The Balaban J connectivity index is 1.98. The van der Waals surface area contributed by atoms with E-state index in [1.165, 1.54) is 6.33 Å². The first-order valence-corrected chi connectivity index (χ1v) is 6.14. The molecule has 0 saturated carbocycles. The Labute approximate surface area is 107 Å². The third-order valence-electron chi connectivity index (χ3n) is 2.66. The number of aromatic nitrogens is 4. The number of aryl methyl sites for hydroxylation is 1. The average molecular weight is 248 g/mol. The summed E-state index contributed by atoms with van der Waals surface area (Å²) in [7, 11) is 0. The SMILES string of the molecule is CC(C)(C)NCCCn1cnc2c(N)ncnc21. The fraction of sp³-hybridized carbons (Fsp3) is 0.583. The molecule has 6 heteroatoms. The summed E-state index contributed by atoms with van der Waals surface area (Å²) in [6.07, 6.45) is 4.27. The molecular formula is C12H20N6. The zero-order chi connectivity index (χ0) is 13.2. The molecule has 0 amide bonds. The van der Waals surface area contributed by atoms with Crippen molar-refractivity contribution in [2.45, 2.75) is 39.3 Å². The van der Waals surface area contributed by atoms with E-state index in [0.717, 1.165) is 25.2 Å². The summed E-state index contributed by atoms with van der Waals surface area (Å²) in [6.45, 7) is 8.31. The Morgan fingerprint density at radius 2 is 2.06 bits per heavy atom. The van der Waals surface area contributed by atoms with Crippen LogP contribution in [0.25, 0.3) is 11.2 Å². The van der Waals surface area contributed by atoms with Gasteiger partial charge in [-0.2, -0.15) is 0 Å². The van der Waals surface area contributed by atoms with Crippen LogP contribution in [0.5, 0.6) is 0 Å². The quantitative estimate of drug-likeness (QED) is 0.794. The van der Waals surface area contributed by atoms with Gasteiger partial charge in [-0.15, -0.1) is 0 Å². The second-order valence-corrected chi connectivity index (χ2v) is 5.40. The Morgan fingerprint density at radius 1 is 1.28 bits per heavy atom. The van der Waals surface area contributed by atoms with Crippen molar-refractivity contribution in [3.63, 3.8) is 0 Å². The van der Waals surface area contributed by atoms with Gasteiger partial charge in [-0.05, 0) is 33.7 Å². The van der Waals surface area contributed by atoms with Crippen LogP contribution in [0.1, 0.15) is 27.2 Å². The highest BCUT2D eigenvalue weighted by Crippen LogP contribution is 2.14. The van der Waals surface area contributed by atoms with Gasteiger partial charge in [0, 0.05) is 12.1 Å². The Kier molecular flexibility index (Phi) is 3.47. The highest BCUT2D eigenvalue weighted by atomic mass is 15.1. The summed E-state index contributed by atoms with van der Waals surface area (Å²) < 4.78 is 2.01. The molecule has 0 aliphatic carbocycles. The van der Waals surface area contributed by atoms with E-state index in [0.29, 0.717) is 11.3 Å². The van der Waals surface area contributed by atoms with Crippen molar-refractivity contribution in [3.05, 3.63) is 12.7 Å². The van der Waals surface area contributed by atoms with E-state index in [9.17, 15) is 0 Å². The summed E-state index contributed by atoms with van der Waals surface area (Å²) >= 11 is 0. The van der Waals surface area contributed by atoms with Gasteiger partial charge in [0.1, 0.15) is 11.8 Å². The average Bonchev–Trinajstić information content (AvgIpc) is 2.68. The van der Waals surface area contributed by atoms with Crippen LogP contribution in [-0.4, -0.2) is 31.6 Å². The van der Waals surface area contributed by atoms with Crippen molar-refractivity contribution in [2.75, 3.05) is 12.3 Å². The Morgan fingerprint density at radius 3 is 2.78 bits per heavy atom. The molecule has 18 heavy (non-hydrogen) atoms. The molecule has 2 heterocycles. The molecule has 0 spiro atoms. The lowest BCUT2D eigenvalue weighted by Crippen LogP contribution is -2.36. The first-order valence-electron chi connectivity index (χ1n) is 6.14. The molecule has 0 saturated heterocycles. The number of rotatable bonds is 4. The smallest absolute Gasteiger partial charge is 0.165 e. The van der Waals surface area contributed by atoms with Gasteiger partial charge in [0.25, 0.3) is 0 Å². The Bertz CT molecular complexity index is 525. The maximum absolute atomic E-state index is 5.74. The standard InChI is InChI=1S/C12H20N6/c1-12(2,3)17-5-4-6-18-8-16-9-10(13)14-7-15-11(9)18/h7-8,17H,4-6H2,1-3H3,(H2,13,14,15). The summed E-state index contributed by atoms with van der Waals surface area (Å²) in [5.41, 5.74) is 7.38. The molecule has 0 unspecified atom stereocenters. The number of fused-ring (bicyclic) bond motifs is 1. The summed E-state index contributed by atoms with van der Waals surface area (Å²) in [5.74, 6) is 0.437. The molecule has 0 aromatic carbocycles. The molecule has 0 radical (unpaired) electrons. The van der Waals surface area contributed by atoms with Gasteiger partial charge in [0.05, 0.1) is 6.33 Å². The number of hydrogen-bond donors (Lipinski definition) is 2. The Hall–Kier alpha value is -1.69. The molecule has 98 valence electrons. The lowest BCUT2D eigenvalue weighted by molar-refractivity contribution is 0.414. The fourth-order valence-corrected chi connectivity index (χ4v) is 1.78. The third-order valence-corrected chi connectivity index (χ3v) is 2.66. The molecule has 0 bridgehead atoms. The van der Waals surface area contributed by atoms with Crippen molar-refractivity contribution in [3.8, 4) is 0 Å². The normalized spacial score (nSPS) is 12.2. The zero-order valence-corrected chi connectivity index (χ0v) is 11.1. The molecule has 3 N–H and O–H groups in total. The van der Waals surface area contributed by atoms with Crippen molar-refractivity contribution in [1.29, 1.82) is 0 Å². The molecule has 0 aliphatic heterocycles. The highest BCUT2D eigenvalue weighted by Gasteiger charge is 2.09. The number of nitrogen functional groups attached to an aromatic ring is 1. The summed E-state index contributed by atoms with van der Waals surface area (Å²) in [4.78, 5) is 12.4. The first kappa shape index (κ1) is 12.8. The second-order valence-electron chi connectivity index (χ2n) is 5.40. The van der Waals surface area contributed by atoms with Gasteiger partial charge in [0.15, 0.2) is 11.5 Å². The number of hydrogen-bond acceptors (Lipinski definition) is 5. The van der Waals surface area contributed by atoms with Crippen LogP contribution in [0.2, 0.25) is 0 Å². The van der Waals surface area contributed by atoms with E-state index in [2.05, 4.69) is 41.0 Å². The lowest BCUT2D eigenvalue weighted by Gasteiger charge is -2.20. The monoisotopic (exact) mass is 248 g/mol. The maximum Gasteiger partial charge on any atom is 0.165 e. The topological polar surface area (TPSA) is 81.7 Å². The predicted octanol–water partition coefficient (Wildman–Crippen LogP) is 1.19. The molecular weight excluding hydrogens is 228 g/mol. The number of nitrogens with zero attached hydrogens (tertiary/aromatic N) is 4. The first-order chi connectivity index (χ1) is 8.47. The van der Waals surface area contributed by atoms with Crippen molar-refractivity contribution >= 4 is 17.0 Å². The van der Waals surface area contributed by atoms with E-state index in [1.807, 2.05) is 4.57 Å². The van der Waals surface area contributed by atoms with Gasteiger partial charge < -0.3 is 15.6 Å². The van der Waals surface area contributed by atoms with Gasteiger partial charge in [0.2, 0.25) is 0 Å². The van der Waals surface area contributed by atoms with E-state index >= 15 is 0 Å². The minimum Gasteiger partial charge on any atom is -0.382 e. The van der Waals surface area contributed by atoms with Gasteiger partial charge in [-0.25, -0.2) is 15.0 Å². The van der Waals surface area contributed by atoms with E-state index in [1.54, 1.807) is 6.33 Å². The molecule has 0 aliphatic rings. The summed E-state index contributed by atoms with van der Waals surface area (Å²) in [5, 5.41) is 3.45. The summed E-state index contributed by atoms with van der Waals surface area (Å²) in [6, 6.07) is 0. The molecule has 2 aromatic heterocycles. The number of nitrogens with one attached hydrogen (secondary N) is 1.